The average molecular weight is 320 g/mol. The lowest BCUT2D eigenvalue weighted by Crippen LogP contribution is -2.49. The Bertz CT molecular complexity index is 390. The lowest BCUT2D eigenvalue weighted by Gasteiger charge is -2.32. The van der Waals surface area contributed by atoms with Crippen LogP contribution in [0, 0.1) is 0 Å². The van der Waals surface area contributed by atoms with Crippen molar-refractivity contribution in [3.05, 3.63) is 20.8 Å². The van der Waals surface area contributed by atoms with E-state index in [0.29, 0.717) is 0 Å². The first kappa shape index (κ1) is 14.7. The van der Waals surface area contributed by atoms with Crippen LogP contribution in [-0.2, 0) is 16.0 Å². The molecule has 0 aliphatic carbocycles. The van der Waals surface area contributed by atoms with Crippen LogP contribution < -0.4 is 0 Å². The summed E-state index contributed by atoms with van der Waals surface area (Å²) in [5, 5.41) is 0. The Morgan fingerprint density at radius 3 is 2.65 bits per heavy atom. The van der Waals surface area contributed by atoms with Crippen LogP contribution >= 0.6 is 27.3 Å². The van der Waals surface area contributed by atoms with Crippen LogP contribution in [0.25, 0.3) is 0 Å². The SMILES string of the molecule is COC(=O)C(C)(C)N(C)CCc1ccc(Br)s1. The summed E-state index contributed by atoms with van der Waals surface area (Å²) in [6, 6.07) is 4.15. The Morgan fingerprint density at radius 1 is 1.53 bits per heavy atom. The van der Waals surface area contributed by atoms with Gasteiger partial charge in [0.15, 0.2) is 0 Å². The largest absolute Gasteiger partial charge is 0.468 e. The van der Waals surface area contributed by atoms with Crippen molar-refractivity contribution in [1.82, 2.24) is 4.90 Å². The zero-order valence-electron chi connectivity index (χ0n) is 10.6. The number of hydrogen-bond acceptors (Lipinski definition) is 4. The van der Waals surface area contributed by atoms with Gasteiger partial charge in [-0.2, -0.15) is 0 Å². The van der Waals surface area contributed by atoms with Crippen LogP contribution in [0.4, 0.5) is 0 Å². The standard InChI is InChI=1S/C12H18BrNO2S/c1-12(2,11(15)16-4)14(3)8-7-9-5-6-10(13)17-9/h5-6H,7-8H2,1-4H3. The van der Waals surface area contributed by atoms with Crippen molar-refractivity contribution in [3.8, 4) is 0 Å². The predicted octanol–water partition coefficient (Wildman–Crippen LogP) is 2.94. The van der Waals surface area contributed by atoms with Crippen molar-refractivity contribution < 1.29 is 9.53 Å². The Morgan fingerprint density at radius 2 is 2.18 bits per heavy atom. The van der Waals surface area contributed by atoms with Gasteiger partial charge in [0.25, 0.3) is 0 Å². The van der Waals surface area contributed by atoms with Gasteiger partial charge in [-0.05, 0) is 55.4 Å². The number of halogens is 1. The number of nitrogens with zero attached hydrogens (tertiary/aromatic N) is 1. The highest BCUT2D eigenvalue weighted by Gasteiger charge is 2.32. The Hall–Kier alpha value is -0.390. The van der Waals surface area contributed by atoms with E-state index in [-0.39, 0.29) is 5.97 Å². The lowest BCUT2D eigenvalue weighted by atomic mass is 10.0. The second-order valence-electron chi connectivity index (χ2n) is 4.43. The van der Waals surface area contributed by atoms with Gasteiger partial charge in [0.1, 0.15) is 5.54 Å². The molecule has 1 heterocycles. The average Bonchev–Trinajstić information content (AvgIpc) is 2.70. The van der Waals surface area contributed by atoms with Crippen molar-refractivity contribution in [3.63, 3.8) is 0 Å². The minimum absolute atomic E-state index is 0.202. The van der Waals surface area contributed by atoms with Crippen LogP contribution in [0.2, 0.25) is 0 Å². The number of rotatable bonds is 5. The molecule has 17 heavy (non-hydrogen) atoms. The zero-order valence-corrected chi connectivity index (χ0v) is 13.0. The summed E-state index contributed by atoms with van der Waals surface area (Å²) in [5.41, 5.74) is -0.580. The summed E-state index contributed by atoms with van der Waals surface area (Å²) in [4.78, 5) is 15.0. The molecule has 0 fully saturated rings. The van der Waals surface area contributed by atoms with Gasteiger partial charge in [0.05, 0.1) is 10.9 Å². The summed E-state index contributed by atoms with van der Waals surface area (Å²) in [7, 11) is 3.37. The number of hydrogen-bond donors (Lipinski definition) is 0. The molecule has 1 aromatic heterocycles. The van der Waals surface area contributed by atoms with E-state index in [0.717, 1.165) is 16.8 Å². The molecule has 1 rings (SSSR count). The maximum Gasteiger partial charge on any atom is 0.325 e. The van der Waals surface area contributed by atoms with Crippen LogP contribution in [-0.4, -0.2) is 37.1 Å². The van der Waals surface area contributed by atoms with E-state index in [4.69, 9.17) is 4.74 Å². The predicted molar refractivity (Wildman–Crippen MR) is 74.4 cm³/mol. The number of methoxy groups -OCH3 is 1. The maximum absolute atomic E-state index is 11.6. The van der Waals surface area contributed by atoms with Gasteiger partial charge in [0, 0.05) is 11.4 Å². The minimum Gasteiger partial charge on any atom is -0.468 e. The van der Waals surface area contributed by atoms with E-state index in [1.165, 1.54) is 12.0 Å². The summed E-state index contributed by atoms with van der Waals surface area (Å²) < 4.78 is 5.95. The van der Waals surface area contributed by atoms with Gasteiger partial charge >= 0.3 is 5.97 Å². The minimum atomic E-state index is -0.580. The van der Waals surface area contributed by atoms with Gasteiger partial charge in [-0.15, -0.1) is 11.3 Å². The summed E-state index contributed by atoms with van der Waals surface area (Å²) in [6.07, 6.45) is 0.938. The Balaban J connectivity index is 2.54. The second-order valence-corrected chi connectivity index (χ2v) is 6.98. The normalized spacial score (nSPS) is 11.9. The second kappa shape index (κ2) is 5.98. The number of esters is 1. The van der Waals surface area contributed by atoms with E-state index in [2.05, 4.69) is 22.0 Å². The number of carbonyl (C=O) groups is 1. The van der Waals surface area contributed by atoms with Crippen molar-refractivity contribution in [2.45, 2.75) is 25.8 Å². The maximum atomic E-state index is 11.6. The molecule has 0 radical (unpaired) electrons. The highest BCUT2D eigenvalue weighted by Crippen LogP contribution is 2.23. The summed E-state index contributed by atoms with van der Waals surface area (Å²) in [6.45, 7) is 4.58. The highest BCUT2D eigenvalue weighted by atomic mass is 79.9. The molecule has 3 nitrogen and oxygen atoms in total. The first-order chi connectivity index (χ1) is 7.87. The van der Waals surface area contributed by atoms with Gasteiger partial charge in [0.2, 0.25) is 0 Å². The molecule has 0 bridgehead atoms. The summed E-state index contributed by atoms with van der Waals surface area (Å²) >= 11 is 5.17. The Kier molecular flexibility index (Phi) is 5.16. The Labute approximate surface area is 115 Å². The molecule has 0 aliphatic heterocycles. The van der Waals surface area contributed by atoms with Crippen LogP contribution in [0.15, 0.2) is 15.9 Å². The smallest absolute Gasteiger partial charge is 0.325 e. The number of carbonyl (C=O) groups excluding carboxylic acids is 1. The van der Waals surface area contributed by atoms with Gasteiger partial charge < -0.3 is 4.74 Å². The number of ether oxygens (including phenoxy) is 1. The first-order valence-electron chi connectivity index (χ1n) is 5.42. The molecule has 96 valence electrons. The molecule has 0 atom stereocenters. The lowest BCUT2D eigenvalue weighted by molar-refractivity contribution is -0.152. The monoisotopic (exact) mass is 319 g/mol. The van der Waals surface area contributed by atoms with Crippen LogP contribution in [0.3, 0.4) is 0 Å². The van der Waals surface area contributed by atoms with E-state index < -0.39 is 5.54 Å². The molecule has 0 saturated carbocycles. The van der Waals surface area contributed by atoms with Crippen molar-refractivity contribution in [2.24, 2.45) is 0 Å². The van der Waals surface area contributed by atoms with Gasteiger partial charge in [-0.1, -0.05) is 0 Å². The van der Waals surface area contributed by atoms with Gasteiger partial charge in [-0.25, -0.2) is 0 Å². The van der Waals surface area contributed by atoms with Crippen molar-refractivity contribution in [1.29, 1.82) is 0 Å². The van der Waals surface area contributed by atoms with Crippen molar-refractivity contribution >= 4 is 33.2 Å². The molecule has 0 amide bonds. The third-order valence-corrected chi connectivity index (χ3v) is 4.65. The topological polar surface area (TPSA) is 29.5 Å². The van der Waals surface area contributed by atoms with Crippen LogP contribution in [0.5, 0.6) is 0 Å². The zero-order chi connectivity index (χ0) is 13.1. The molecule has 0 N–H and O–H groups in total. The van der Waals surface area contributed by atoms with E-state index in [1.54, 1.807) is 11.3 Å². The molecule has 0 aromatic carbocycles. The van der Waals surface area contributed by atoms with Crippen molar-refractivity contribution in [2.75, 3.05) is 20.7 Å². The van der Waals surface area contributed by atoms with E-state index in [9.17, 15) is 4.79 Å². The molecule has 0 aliphatic rings. The van der Waals surface area contributed by atoms with E-state index >= 15 is 0 Å². The quantitative estimate of drug-likeness (QED) is 0.781. The fourth-order valence-electron chi connectivity index (χ4n) is 1.45. The van der Waals surface area contributed by atoms with Gasteiger partial charge in [-0.3, -0.25) is 9.69 Å². The summed E-state index contributed by atoms with van der Waals surface area (Å²) in [5.74, 6) is -0.202. The fourth-order valence-corrected chi connectivity index (χ4v) is 2.92. The molecule has 0 unspecified atom stereocenters. The molecular formula is C12H18BrNO2S. The number of likely N-dealkylation sites (N-methyl/N-ethyl adjacent to an activating group) is 1. The molecule has 0 spiro atoms. The van der Waals surface area contributed by atoms with E-state index in [1.807, 2.05) is 31.9 Å². The molecule has 0 saturated heterocycles. The third-order valence-electron chi connectivity index (χ3n) is 2.96. The third kappa shape index (κ3) is 3.79. The highest BCUT2D eigenvalue weighted by molar-refractivity contribution is 9.11. The molecule has 5 heteroatoms. The molecule has 1 aromatic rings. The first-order valence-corrected chi connectivity index (χ1v) is 7.02. The van der Waals surface area contributed by atoms with Crippen LogP contribution in [0.1, 0.15) is 18.7 Å². The fraction of sp³-hybridized carbons (Fsp3) is 0.583. The number of thiophene rings is 1. The molecular weight excluding hydrogens is 302 g/mol.